The first kappa shape index (κ1) is 26.2. The molecule has 196 valence electrons. The Morgan fingerprint density at radius 1 is 0.897 bits per heavy atom. The van der Waals surface area contributed by atoms with Crippen LogP contribution in [0.2, 0.25) is 5.02 Å². The van der Waals surface area contributed by atoms with Crippen LogP contribution in [-0.2, 0) is 4.79 Å². The van der Waals surface area contributed by atoms with Crippen molar-refractivity contribution in [2.75, 3.05) is 18.4 Å². The van der Waals surface area contributed by atoms with Crippen LogP contribution in [0.3, 0.4) is 0 Å². The van der Waals surface area contributed by atoms with Crippen molar-refractivity contribution in [3.05, 3.63) is 114 Å². The minimum Gasteiger partial charge on any atom is -0.329 e. The number of nitrogens with zero attached hydrogens (tertiary/aromatic N) is 3. The summed E-state index contributed by atoms with van der Waals surface area (Å²) in [6.45, 7) is 2.45. The first-order chi connectivity index (χ1) is 19.0. The molecule has 0 bridgehead atoms. The Balaban J connectivity index is 1.44. The van der Waals surface area contributed by atoms with E-state index in [0.717, 1.165) is 29.2 Å². The van der Waals surface area contributed by atoms with Gasteiger partial charge >= 0.3 is 0 Å². The molecular weight excluding hydrogens is 508 g/mol. The van der Waals surface area contributed by atoms with Crippen LogP contribution < -0.4 is 5.32 Å². The SMILES string of the molecule is CCCCN(CC(=O)Nc1cc(-c2ccccc2)nn1-c1ccccc1Cl)C(=O)c1cccc2ccccc12. The number of carbonyl (C=O) groups is 2. The van der Waals surface area contributed by atoms with Gasteiger partial charge in [-0.25, -0.2) is 4.68 Å². The van der Waals surface area contributed by atoms with E-state index in [0.29, 0.717) is 34.3 Å². The van der Waals surface area contributed by atoms with Crippen molar-refractivity contribution in [3.8, 4) is 16.9 Å². The number of aromatic nitrogens is 2. The molecule has 0 spiro atoms. The topological polar surface area (TPSA) is 67.2 Å². The molecule has 0 aliphatic carbocycles. The van der Waals surface area contributed by atoms with E-state index in [1.54, 1.807) is 15.6 Å². The summed E-state index contributed by atoms with van der Waals surface area (Å²) in [5, 5.41) is 10.1. The Kier molecular flexibility index (Phi) is 8.04. The van der Waals surface area contributed by atoms with Crippen LogP contribution in [0.1, 0.15) is 30.1 Å². The summed E-state index contributed by atoms with van der Waals surface area (Å²) in [6, 6.07) is 32.3. The molecule has 1 aromatic heterocycles. The highest BCUT2D eigenvalue weighted by molar-refractivity contribution is 6.32. The number of fused-ring (bicyclic) bond motifs is 1. The summed E-state index contributed by atoms with van der Waals surface area (Å²) in [7, 11) is 0. The molecule has 4 aromatic carbocycles. The number of halogens is 1. The van der Waals surface area contributed by atoms with Crippen molar-refractivity contribution in [1.82, 2.24) is 14.7 Å². The molecule has 5 rings (SSSR count). The highest BCUT2D eigenvalue weighted by Gasteiger charge is 2.22. The van der Waals surface area contributed by atoms with E-state index in [4.69, 9.17) is 16.7 Å². The molecule has 1 heterocycles. The molecule has 2 amide bonds. The van der Waals surface area contributed by atoms with E-state index in [9.17, 15) is 9.59 Å². The van der Waals surface area contributed by atoms with Crippen LogP contribution >= 0.6 is 11.6 Å². The number of hydrogen-bond donors (Lipinski definition) is 1. The zero-order valence-corrected chi connectivity index (χ0v) is 22.4. The Hall–Kier alpha value is -4.42. The van der Waals surface area contributed by atoms with Crippen molar-refractivity contribution in [2.45, 2.75) is 19.8 Å². The maximum absolute atomic E-state index is 13.7. The first-order valence-electron chi connectivity index (χ1n) is 13.0. The molecule has 0 fully saturated rings. The molecule has 0 saturated carbocycles. The second kappa shape index (κ2) is 12.0. The van der Waals surface area contributed by atoms with Crippen molar-refractivity contribution < 1.29 is 9.59 Å². The van der Waals surface area contributed by atoms with Gasteiger partial charge in [-0.2, -0.15) is 5.10 Å². The van der Waals surface area contributed by atoms with Gasteiger partial charge in [-0.15, -0.1) is 0 Å². The third-order valence-corrected chi connectivity index (χ3v) is 6.87. The standard InChI is InChI=1S/C32H29ClN4O2/c1-2-3-20-36(32(39)26-17-11-15-23-12-7-8-16-25(23)26)22-31(38)34-30-21-28(24-13-5-4-6-14-24)35-37(30)29-19-10-9-18-27(29)33/h4-19,21H,2-3,20,22H2,1H3,(H,34,38). The van der Waals surface area contributed by atoms with Crippen LogP contribution in [0.4, 0.5) is 5.82 Å². The van der Waals surface area contributed by atoms with E-state index in [1.807, 2.05) is 97.1 Å². The number of carbonyl (C=O) groups excluding carboxylic acids is 2. The van der Waals surface area contributed by atoms with E-state index in [1.165, 1.54) is 0 Å². The molecule has 39 heavy (non-hydrogen) atoms. The molecular formula is C32H29ClN4O2. The van der Waals surface area contributed by atoms with Gasteiger partial charge in [-0.1, -0.05) is 104 Å². The Morgan fingerprint density at radius 3 is 2.41 bits per heavy atom. The number of rotatable bonds is 9. The second-order valence-corrected chi connectivity index (χ2v) is 9.71. The fraction of sp³-hybridized carbons (Fsp3) is 0.156. The van der Waals surface area contributed by atoms with Gasteiger partial charge in [0.25, 0.3) is 5.91 Å². The highest BCUT2D eigenvalue weighted by Crippen LogP contribution is 2.28. The lowest BCUT2D eigenvalue weighted by Gasteiger charge is -2.23. The van der Waals surface area contributed by atoms with Gasteiger partial charge in [0, 0.05) is 23.7 Å². The lowest BCUT2D eigenvalue weighted by molar-refractivity contribution is -0.116. The van der Waals surface area contributed by atoms with Crippen molar-refractivity contribution in [3.63, 3.8) is 0 Å². The maximum Gasteiger partial charge on any atom is 0.254 e. The molecule has 6 nitrogen and oxygen atoms in total. The minimum atomic E-state index is -0.312. The summed E-state index contributed by atoms with van der Waals surface area (Å²) >= 11 is 6.49. The van der Waals surface area contributed by atoms with E-state index >= 15 is 0 Å². The molecule has 5 aromatic rings. The average Bonchev–Trinajstić information content (AvgIpc) is 3.38. The molecule has 0 radical (unpaired) electrons. The van der Waals surface area contributed by atoms with Crippen LogP contribution in [0.25, 0.3) is 27.7 Å². The summed E-state index contributed by atoms with van der Waals surface area (Å²) in [4.78, 5) is 28.7. The third-order valence-electron chi connectivity index (χ3n) is 6.55. The molecule has 0 saturated heterocycles. The number of unbranched alkanes of at least 4 members (excludes halogenated alkanes) is 1. The lowest BCUT2D eigenvalue weighted by Crippen LogP contribution is -2.39. The predicted molar refractivity (Wildman–Crippen MR) is 157 cm³/mol. The van der Waals surface area contributed by atoms with Crippen LogP contribution in [-0.4, -0.2) is 39.6 Å². The van der Waals surface area contributed by atoms with Crippen molar-refractivity contribution in [1.29, 1.82) is 0 Å². The maximum atomic E-state index is 13.7. The van der Waals surface area contributed by atoms with Gasteiger partial charge < -0.3 is 10.2 Å². The van der Waals surface area contributed by atoms with E-state index < -0.39 is 0 Å². The fourth-order valence-corrected chi connectivity index (χ4v) is 4.78. The van der Waals surface area contributed by atoms with Crippen LogP contribution in [0.5, 0.6) is 0 Å². The molecule has 1 N–H and O–H groups in total. The largest absolute Gasteiger partial charge is 0.329 e. The molecule has 0 aliphatic rings. The molecule has 0 aliphatic heterocycles. The average molecular weight is 537 g/mol. The van der Waals surface area contributed by atoms with Gasteiger partial charge in [0.05, 0.1) is 16.4 Å². The molecule has 7 heteroatoms. The molecule has 0 unspecified atom stereocenters. The van der Waals surface area contributed by atoms with Gasteiger partial charge in [-0.05, 0) is 35.4 Å². The number of hydrogen-bond acceptors (Lipinski definition) is 3. The Labute approximate surface area is 232 Å². The molecule has 0 atom stereocenters. The fourth-order valence-electron chi connectivity index (χ4n) is 4.57. The number of para-hydroxylation sites is 1. The lowest BCUT2D eigenvalue weighted by atomic mass is 10.0. The summed E-state index contributed by atoms with van der Waals surface area (Å²) in [6.07, 6.45) is 1.69. The Morgan fingerprint density at radius 2 is 1.62 bits per heavy atom. The van der Waals surface area contributed by atoms with E-state index in [2.05, 4.69) is 12.2 Å². The number of anilines is 1. The first-order valence-corrected chi connectivity index (χ1v) is 13.4. The number of amides is 2. The van der Waals surface area contributed by atoms with Gasteiger partial charge in [-0.3, -0.25) is 9.59 Å². The minimum absolute atomic E-state index is 0.0869. The summed E-state index contributed by atoms with van der Waals surface area (Å²) < 4.78 is 1.63. The van der Waals surface area contributed by atoms with Gasteiger partial charge in [0.1, 0.15) is 12.4 Å². The monoisotopic (exact) mass is 536 g/mol. The normalized spacial score (nSPS) is 10.9. The zero-order chi connectivity index (χ0) is 27.2. The Bertz CT molecular complexity index is 1610. The highest BCUT2D eigenvalue weighted by atomic mass is 35.5. The van der Waals surface area contributed by atoms with Crippen molar-refractivity contribution in [2.24, 2.45) is 0 Å². The predicted octanol–water partition coefficient (Wildman–Crippen LogP) is 7.23. The van der Waals surface area contributed by atoms with Gasteiger partial charge in [0.2, 0.25) is 5.91 Å². The third kappa shape index (κ3) is 5.86. The van der Waals surface area contributed by atoms with Crippen LogP contribution in [0, 0.1) is 0 Å². The number of nitrogens with one attached hydrogen (secondary N) is 1. The number of benzene rings is 4. The van der Waals surface area contributed by atoms with Crippen LogP contribution in [0.15, 0.2) is 103 Å². The summed E-state index contributed by atoms with van der Waals surface area (Å²) in [5.74, 6) is -0.00695. The summed E-state index contributed by atoms with van der Waals surface area (Å²) in [5.41, 5.74) is 2.84. The van der Waals surface area contributed by atoms with E-state index in [-0.39, 0.29) is 18.4 Å². The second-order valence-electron chi connectivity index (χ2n) is 9.30. The van der Waals surface area contributed by atoms with Gasteiger partial charge in [0.15, 0.2) is 0 Å². The quantitative estimate of drug-likeness (QED) is 0.216. The van der Waals surface area contributed by atoms with Crippen molar-refractivity contribution >= 4 is 40.0 Å². The zero-order valence-electron chi connectivity index (χ0n) is 21.7. The smallest absolute Gasteiger partial charge is 0.254 e.